The van der Waals surface area contributed by atoms with Gasteiger partial charge >= 0.3 is 6.36 Å². The van der Waals surface area contributed by atoms with E-state index in [1.807, 2.05) is 6.08 Å². The van der Waals surface area contributed by atoms with Gasteiger partial charge in [-0.2, -0.15) is 0 Å². The number of halogens is 3. The molecule has 144 valence electrons. The number of rotatable bonds is 6. The molecule has 0 spiro atoms. The fraction of sp³-hybridized carbons (Fsp3) is 0.263. The highest BCUT2D eigenvalue weighted by atomic mass is 32.1. The van der Waals surface area contributed by atoms with Crippen LogP contribution in [0.1, 0.15) is 25.3 Å². The molecule has 2 N–H and O–H groups in total. The smallest absolute Gasteiger partial charge is 0.405 e. The topological polar surface area (TPSA) is 60.0 Å². The molecule has 0 aromatic heterocycles. The van der Waals surface area contributed by atoms with Crippen molar-refractivity contribution < 1.29 is 17.9 Å². The summed E-state index contributed by atoms with van der Waals surface area (Å²) in [5.74, 6) is -0.103. The van der Waals surface area contributed by atoms with Gasteiger partial charge < -0.3 is 10.5 Å². The number of nitrogens with zero attached hydrogens (tertiary/aromatic N) is 2. The van der Waals surface area contributed by atoms with Crippen LogP contribution in [0.3, 0.4) is 0 Å². The molecule has 0 atom stereocenters. The second kappa shape index (κ2) is 9.45. The average Bonchev–Trinajstić information content (AvgIpc) is 2.64. The van der Waals surface area contributed by atoms with Crippen molar-refractivity contribution in [1.29, 1.82) is 0 Å². The zero-order chi connectivity index (χ0) is 19.9. The first-order valence-corrected chi connectivity index (χ1v) is 8.70. The number of alkyl halides is 3. The largest absolute Gasteiger partial charge is 0.573 e. The minimum atomic E-state index is -4.76. The van der Waals surface area contributed by atoms with Crippen LogP contribution >= 0.6 is 12.8 Å². The number of allylic oxidation sites excluding steroid dienone is 4. The molecule has 0 aliphatic heterocycles. The quantitative estimate of drug-likeness (QED) is 0.407. The number of aliphatic imine (C=N–C) groups is 1. The fourth-order valence-corrected chi connectivity index (χ4v) is 2.56. The second-order valence-corrected chi connectivity index (χ2v) is 5.92. The normalized spacial score (nSPS) is 18.1. The summed E-state index contributed by atoms with van der Waals surface area (Å²) < 4.78 is 45.4. The highest BCUT2D eigenvalue weighted by Crippen LogP contribution is 2.27. The molecule has 1 aliphatic carbocycles. The molecule has 0 heterocycles. The van der Waals surface area contributed by atoms with E-state index in [4.69, 9.17) is 5.73 Å². The van der Waals surface area contributed by atoms with Gasteiger partial charge in [0.15, 0.2) is 0 Å². The SMILES string of the molecule is CCC/C=C1\C=CC(C(N)=NCc2ccccc2OC(F)(F)F)=C\C1=N\S. The number of unbranched alkanes of at least 4 members (excludes halogenated alkanes) is 1. The molecule has 0 unspecified atom stereocenters. The third kappa shape index (κ3) is 6.32. The molecule has 0 saturated carbocycles. The summed E-state index contributed by atoms with van der Waals surface area (Å²) in [6.45, 7) is 2.03. The van der Waals surface area contributed by atoms with Crippen LogP contribution in [-0.4, -0.2) is 17.9 Å². The van der Waals surface area contributed by atoms with Gasteiger partial charge in [0.25, 0.3) is 0 Å². The molecule has 0 saturated heterocycles. The Morgan fingerprint density at radius 1 is 1.26 bits per heavy atom. The second-order valence-electron chi connectivity index (χ2n) is 5.72. The standard InChI is InChI=1S/C19H20F3N3OS/c1-2-3-6-13-9-10-14(11-16(13)25-27)18(23)24-12-15-7-4-5-8-17(15)26-19(20,21)22/h4-11,27H,2-3,12H2,1H3,(H2,23,24)/b13-6+,25-16-. The highest BCUT2D eigenvalue weighted by molar-refractivity contribution is 7.79. The van der Waals surface area contributed by atoms with Gasteiger partial charge in [-0.05, 0) is 37.0 Å². The lowest BCUT2D eigenvalue weighted by atomic mass is 9.98. The first-order chi connectivity index (χ1) is 12.8. The van der Waals surface area contributed by atoms with Crippen LogP contribution in [0, 0.1) is 0 Å². The van der Waals surface area contributed by atoms with E-state index in [9.17, 15) is 13.2 Å². The maximum absolute atomic E-state index is 12.5. The van der Waals surface area contributed by atoms with Crippen LogP contribution in [0.4, 0.5) is 13.2 Å². The van der Waals surface area contributed by atoms with Crippen molar-refractivity contribution in [2.24, 2.45) is 15.1 Å². The summed E-state index contributed by atoms with van der Waals surface area (Å²) in [5.41, 5.74) is 8.50. The van der Waals surface area contributed by atoms with E-state index in [0.717, 1.165) is 18.4 Å². The van der Waals surface area contributed by atoms with Crippen LogP contribution in [0.2, 0.25) is 0 Å². The lowest BCUT2D eigenvalue weighted by Gasteiger charge is -2.13. The monoisotopic (exact) mass is 395 g/mol. The number of ether oxygens (including phenoxy) is 1. The minimum absolute atomic E-state index is 0.0465. The lowest BCUT2D eigenvalue weighted by Crippen LogP contribution is -2.19. The van der Waals surface area contributed by atoms with Crippen LogP contribution in [-0.2, 0) is 6.54 Å². The molecule has 1 aliphatic rings. The number of nitrogens with two attached hydrogens (primary N) is 1. The van der Waals surface area contributed by atoms with Gasteiger partial charge in [0.2, 0.25) is 0 Å². The van der Waals surface area contributed by atoms with Crippen molar-refractivity contribution in [1.82, 2.24) is 0 Å². The van der Waals surface area contributed by atoms with E-state index in [2.05, 4.69) is 39.9 Å². The van der Waals surface area contributed by atoms with Gasteiger partial charge in [-0.1, -0.05) is 49.8 Å². The summed E-state index contributed by atoms with van der Waals surface area (Å²) in [7, 11) is 0. The Bertz CT molecular complexity index is 824. The highest BCUT2D eigenvalue weighted by Gasteiger charge is 2.31. The summed E-state index contributed by atoms with van der Waals surface area (Å²) in [4.78, 5) is 4.19. The molecule has 0 bridgehead atoms. The van der Waals surface area contributed by atoms with Gasteiger partial charge in [-0.3, -0.25) is 4.99 Å². The summed E-state index contributed by atoms with van der Waals surface area (Å²) in [6, 6.07) is 5.82. The third-order valence-corrected chi connectivity index (χ3v) is 3.92. The van der Waals surface area contributed by atoms with Gasteiger partial charge in [0.05, 0.1) is 12.3 Å². The molecular formula is C19H20F3N3OS. The Labute approximate surface area is 161 Å². The van der Waals surface area contributed by atoms with Crippen molar-refractivity contribution in [3.8, 4) is 5.75 Å². The van der Waals surface area contributed by atoms with Gasteiger partial charge in [0.1, 0.15) is 11.6 Å². The predicted molar refractivity (Wildman–Crippen MR) is 105 cm³/mol. The Hall–Kier alpha value is -2.48. The van der Waals surface area contributed by atoms with E-state index in [1.165, 1.54) is 18.2 Å². The summed E-state index contributed by atoms with van der Waals surface area (Å²) >= 11 is 3.98. The Morgan fingerprint density at radius 2 is 2.00 bits per heavy atom. The van der Waals surface area contributed by atoms with Crippen molar-refractivity contribution in [3.63, 3.8) is 0 Å². The fourth-order valence-electron chi connectivity index (χ4n) is 2.38. The van der Waals surface area contributed by atoms with Gasteiger partial charge in [-0.25, -0.2) is 4.40 Å². The number of amidine groups is 1. The summed E-state index contributed by atoms with van der Waals surface area (Å²) in [5, 5.41) is 0. The number of benzene rings is 1. The zero-order valence-electron chi connectivity index (χ0n) is 14.7. The van der Waals surface area contributed by atoms with Gasteiger partial charge in [0, 0.05) is 11.1 Å². The molecule has 1 aromatic carbocycles. The Balaban J connectivity index is 2.18. The minimum Gasteiger partial charge on any atom is -0.405 e. The molecule has 8 heteroatoms. The zero-order valence-corrected chi connectivity index (χ0v) is 15.6. The molecule has 27 heavy (non-hydrogen) atoms. The van der Waals surface area contributed by atoms with E-state index < -0.39 is 6.36 Å². The third-order valence-electron chi connectivity index (χ3n) is 3.70. The van der Waals surface area contributed by atoms with E-state index in [0.29, 0.717) is 11.3 Å². The van der Waals surface area contributed by atoms with Crippen LogP contribution in [0.25, 0.3) is 0 Å². The molecule has 1 aromatic rings. The number of hydrogen-bond acceptors (Lipinski definition) is 4. The van der Waals surface area contributed by atoms with Crippen molar-refractivity contribution in [2.45, 2.75) is 32.7 Å². The van der Waals surface area contributed by atoms with E-state index in [-0.39, 0.29) is 23.7 Å². The van der Waals surface area contributed by atoms with Crippen LogP contribution in [0.15, 0.2) is 69.1 Å². The Kier molecular flexibility index (Phi) is 7.29. The van der Waals surface area contributed by atoms with Crippen molar-refractivity contribution in [2.75, 3.05) is 0 Å². The first-order valence-electron chi connectivity index (χ1n) is 8.30. The summed E-state index contributed by atoms with van der Waals surface area (Å²) in [6.07, 6.45) is 4.61. The number of hydrogen-bond donors (Lipinski definition) is 2. The number of para-hydroxylation sites is 1. The molecule has 2 rings (SSSR count). The lowest BCUT2D eigenvalue weighted by molar-refractivity contribution is -0.274. The van der Waals surface area contributed by atoms with Crippen LogP contribution in [0.5, 0.6) is 5.75 Å². The molecule has 0 amide bonds. The average molecular weight is 395 g/mol. The molecule has 0 fully saturated rings. The maximum atomic E-state index is 12.5. The molecular weight excluding hydrogens is 375 g/mol. The van der Waals surface area contributed by atoms with Gasteiger partial charge in [-0.15, -0.1) is 13.2 Å². The molecule has 4 nitrogen and oxygen atoms in total. The van der Waals surface area contributed by atoms with E-state index in [1.54, 1.807) is 18.2 Å². The van der Waals surface area contributed by atoms with Crippen molar-refractivity contribution in [3.05, 3.63) is 65.3 Å². The van der Waals surface area contributed by atoms with E-state index >= 15 is 0 Å². The molecule has 0 radical (unpaired) electrons. The number of thiol groups is 1. The predicted octanol–water partition coefficient (Wildman–Crippen LogP) is 4.95. The Morgan fingerprint density at radius 3 is 2.67 bits per heavy atom. The first kappa shape index (κ1) is 20.8. The van der Waals surface area contributed by atoms with Crippen LogP contribution < -0.4 is 10.5 Å². The maximum Gasteiger partial charge on any atom is 0.573 e. The van der Waals surface area contributed by atoms with Crippen molar-refractivity contribution >= 4 is 24.4 Å².